The summed E-state index contributed by atoms with van der Waals surface area (Å²) < 4.78 is 5.33. The zero-order valence-corrected chi connectivity index (χ0v) is 18.5. The Kier molecular flexibility index (Phi) is 6.20. The van der Waals surface area contributed by atoms with Gasteiger partial charge >= 0.3 is 0 Å². The average molecular weight is 423 g/mol. The van der Waals surface area contributed by atoms with Crippen LogP contribution < -0.4 is 10.1 Å². The molecule has 7 heteroatoms. The minimum Gasteiger partial charge on any atom is -0.496 e. The highest BCUT2D eigenvalue weighted by atomic mass is 16.5. The third kappa shape index (κ3) is 4.86. The smallest absolute Gasteiger partial charge is 0.255 e. The molecule has 4 rings (SSSR count). The Hall–Kier alpha value is -2.96. The number of likely N-dealkylation sites (tertiary alicyclic amines) is 1. The summed E-state index contributed by atoms with van der Waals surface area (Å²) >= 11 is 0. The van der Waals surface area contributed by atoms with Crippen LogP contribution in [-0.2, 0) is 11.2 Å². The van der Waals surface area contributed by atoms with Crippen molar-refractivity contribution in [1.29, 1.82) is 0 Å². The Bertz CT molecular complexity index is 987. The molecular formula is C24H30N4O3. The molecule has 1 aliphatic heterocycles. The molecule has 2 heterocycles. The molecule has 1 atom stereocenters. The van der Waals surface area contributed by atoms with E-state index < -0.39 is 0 Å². The fourth-order valence-electron chi connectivity index (χ4n) is 4.25. The van der Waals surface area contributed by atoms with Crippen molar-refractivity contribution in [3.63, 3.8) is 0 Å². The van der Waals surface area contributed by atoms with Crippen LogP contribution in [0.4, 0.5) is 0 Å². The minimum atomic E-state index is -0.206. The molecule has 1 aromatic carbocycles. The van der Waals surface area contributed by atoms with Crippen molar-refractivity contribution in [3.8, 4) is 5.75 Å². The molecule has 31 heavy (non-hydrogen) atoms. The first-order valence-corrected chi connectivity index (χ1v) is 11.0. The van der Waals surface area contributed by atoms with E-state index in [-0.39, 0.29) is 23.9 Å². The lowest BCUT2D eigenvalue weighted by Gasteiger charge is -2.36. The summed E-state index contributed by atoms with van der Waals surface area (Å²) in [6, 6.07) is 5.89. The summed E-state index contributed by atoms with van der Waals surface area (Å²) in [5, 5.41) is 3.04. The van der Waals surface area contributed by atoms with Crippen LogP contribution in [-0.4, -0.2) is 46.4 Å². The topological polar surface area (TPSA) is 84.4 Å². The van der Waals surface area contributed by atoms with Gasteiger partial charge in [-0.25, -0.2) is 9.97 Å². The number of benzene rings is 1. The van der Waals surface area contributed by atoms with Crippen LogP contribution >= 0.6 is 0 Å². The van der Waals surface area contributed by atoms with Crippen molar-refractivity contribution in [3.05, 3.63) is 52.6 Å². The third-order valence-electron chi connectivity index (χ3n) is 6.05. The van der Waals surface area contributed by atoms with Crippen LogP contribution in [0.2, 0.25) is 0 Å². The lowest BCUT2D eigenvalue weighted by atomic mass is 9.95. The van der Waals surface area contributed by atoms with Crippen molar-refractivity contribution in [1.82, 2.24) is 20.2 Å². The Morgan fingerprint density at radius 2 is 2.00 bits per heavy atom. The van der Waals surface area contributed by atoms with Gasteiger partial charge in [-0.2, -0.15) is 0 Å². The van der Waals surface area contributed by atoms with E-state index in [4.69, 9.17) is 4.74 Å². The third-order valence-corrected chi connectivity index (χ3v) is 6.05. The highest BCUT2D eigenvalue weighted by Gasteiger charge is 2.33. The van der Waals surface area contributed by atoms with Gasteiger partial charge in [-0.3, -0.25) is 9.59 Å². The van der Waals surface area contributed by atoms with E-state index in [1.54, 1.807) is 13.3 Å². The van der Waals surface area contributed by atoms with Gasteiger partial charge in [-0.15, -0.1) is 0 Å². The standard InChI is InChI=1S/C24H30N4O3/c1-15-12-17(7-10-21(15)31-3)13-22(29)28-11-5-4-6-20(28)23-19(14-25-16(2)26-23)24(30)27-18-8-9-18/h7,10,12,14,18,20H,4-6,8-9,11,13H2,1-3H3,(H,27,30)/t20-/m0/s1. The normalized spacial score (nSPS) is 18.5. The molecule has 164 valence electrons. The number of hydrogen-bond donors (Lipinski definition) is 1. The number of hydrogen-bond acceptors (Lipinski definition) is 5. The summed E-state index contributed by atoms with van der Waals surface area (Å²) in [5.41, 5.74) is 3.12. The predicted molar refractivity (Wildman–Crippen MR) is 117 cm³/mol. The SMILES string of the molecule is COc1ccc(CC(=O)N2CCCC[C@H]2c2nc(C)ncc2C(=O)NC2CC2)cc1C. The first-order valence-electron chi connectivity index (χ1n) is 11.0. The number of nitrogens with zero attached hydrogens (tertiary/aromatic N) is 3. The van der Waals surface area contributed by atoms with Crippen molar-refractivity contribution in [2.75, 3.05) is 13.7 Å². The number of nitrogens with one attached hydrogen (secondary N) is 1. The fourth-order valence-corrected chi connectivity index (χ4v) is 4.25. The molecule has 1 saturated carbocycles. The van der Waals surface area contributed by atoms with Gasteiger partial charge in [0.15, 0.2) is 0 Å². The number of carbonyl (C=O) groups excluding carboxylic acids is 2. The van der Waals surface area contributed by atoms with Gasteiger partial charge in [0.2, 0.25) is 5.91 Å². The van der Waals surface area contributed by atoms with Crippen LogP contribution in [0, 0.1) is 13.8 Å². The second kappa shape index (κ2) is 9.04. The molecule has 1 N–H and O–H groups in total. The van der Waals surface area contributed by atoms with Gasteiger partial charge in [-0.05, 0) is 63.1 Å². The van der Waals surface area contributed by atoms with Crippen LogP contribution in [0.3, 0.4) is 0 Å². The zero-order chi connectivity index (χ0) is 22.0. The monoisotopic (exact) mass is 422 g/mol. The van der Waals surface area contributed by atoms with Gasteiger partial charge in [-0.1, -0.05) is 12.1 Å². The first-order chi connectivity index (χ1) is 15.0. The van der Waals surface area contributed by atoms with Gasteiger partial charge < -0.3 is 15.0 Å². The second-order valence-corrected chi connectivity index (χ2v) is 8.54. The summed E-state index contributed by atoms with van der Waals surface area (Å²) in [5.74, 6) is 1.34. The summed E-state index contributed by atoms with van der Waals surface area (Å²) in [6.07, 6.45) is 6.72. The molecule has 2 amide bonds. The second-order valence-electron chi connectivity index (χ2n) is 8.54. The maximum absolute atomic E-state index is 13.3. The van der Waals surface area contributed by atoms with E-state index in [2.05, 4.69) is 15.3 Å². The van der Waals surface area contributed by atoms with E-state index in [0.717, 1.165) is 49.0 Å². The lowest BCUT2D eigenvalue weighted by molar-refractivity contribution is -0.134. The number of piperidine rings is 1. The van der Waals surface area contributed by atoms with Crippen LogP contribution in [0.5, 0.6) is 5.75 Å². The molecule has 2 aromatic rings. The van der Waals surface area contributed by atoms with Crippen molar-refractivity contribution >= 4 is 11.8 Å². The quantitative estimate of drug-likeness (QED) is 0.772. The molecule has 1 aromatic heterocycles. The Balaban J connectivity index is 1.58. The predicted octanol–water partition coefficient (Wildman–Crippen LogP) is 3.29. The van der Waals surface area contributed by atoms with Crippen molar-refractivity contribution in [2.24, 2.45) is 0 Å². The summed E-state index contributed by atoms with van der Waals surface area (Å²) in [4.78, 5) is 37.0. The van der Waals surface area contributed by atoms with Crippen LogP contribution in [0.1, 0.15) is 71.1 Å². The first kappa shape index (κ1) is 21.3. The molecule has 1 saturated heterocycles. The number of methoxy groups -OCH3 is 1. The van der Waals surface area contributed by atoms with Crippen LogP contribution in [0.25, 0.3) is 0 Å². The Labute approximate surface area is 183 Å². The van der Waals surface area contributed by atoms with E-state index in [1.165, 1.54) is 0 Å². The molecule has 7 nitrogen and oxygen atoms in total. The van der Waals surface area contributed by atoms with Gasteiger partial charge in [0, 0.05) is 18.8 Å². The number of ether oxygens (including phenoxy) is 1. The molecule has 2 aliphatic rings. The Morgan fingerprint density at radius 3 is 2.71 bits per heavy atom. The number of aryl methyl sites for hydroxylation is 2. The maximum atomic E-state index is 13.3. The summed E-state index contributed by atoms with van der Waals surface area (Å²) in [6.45, 7) is 4.47. The van der Waals surface area contributed by atoms with Gasteiger partial charge in [0.05, 0.1) is 30.8 Å². The summed E-state index contributed by atoms with van der Waals surface area (Å²) in [7, 11) is 1.64. The van der Waals surface area contributed by atoms with Gasteiger partial charge in [0.1, 0.15) is 11.6 Å². The van der Waals surface area contributed by atoms with Crippen molar-refractivity contribution < 1.29 is 14.3 Å². The molecule has 1 aliphatic carbocycles. The maximum Gasteiger partial charge on any atom is 0.255 e. The van der Waals surface area contributed by atoms with E-state index in [0.29, 0.717) is 30.0 Å². The largest absolute Gasteiger partial charge is 0.496 e. The number of rotatable bonds is 6. The highest BCUT2D eigenvalue weighted by Crippen LogP contribution is 2.33. The fraction of sp³-hybridized carbons (Fsp3) is 0.500. The van der Waals surface area contributed by atoms with E-state index in [9.17, 15) is 9.59 Å². The molecular weight excluding hydrogens is 392 g/mol. The van der Waals surface area contributed by atoms with E-state index >= 15 is 0 Å². The molecule has 2 fully saturated rings. The molecule has 0 unspecified atom stereocenters. The average Bonchev–Trinajstić information content (AvgIpc) is 3.57. The Morgan fingerprint density at radius 1 is 1.19 bits per heavy atom. The van der Waals surface area contributed by atoms with Crippen LogP contribution in [0.15, 0.2) is 24.4 Å². The zero-order valence-electron chi connectivity index (χ0n) is 18.5. The number of aromatic nitrogens is 2. The molecule has 0 bridgehead atoms. The van der Waals surface area contributed by atoms with Gasteiger partial charge in [0.25, 0.3) is 5.91 Å². The lowest BCUT2D eigenvalue weighted by Crippen LogP contribution is -2.41. The van der Waals surface area contributed by atoms with Crippen molar-refractivity contribution in [2.45, 2.75) is 64.5 Å². The molecule has 0 spiro atoms. The van der Waals surface area contributed by atoms with E-state index in [1.807, 2.05) is 36.9 Å². The minimum absolute atomic E-state index is 0.0547. The molecule has 0 radical (unpaired) electrons. The number of amides is 2. The highest BCUT2D eigenvalue weighted by molar-refractivity contribution is 5.95. The number of carbonyl (C=O) groups is 2.